The Labute approximate surface area is 185 Å². The van der Waals surface area contributed by atoms with Crippen molar-refractivity contribution in [1.29, 1.82) is 0 Å². The topological polar surface area (TPSA) is 140 Å². The van der Waals surface area contributed by atoms with Gasteiger partial charge in [0.25, 0.3) is 0 Å². The molecule has 5 N–H and O–H groups in total. The molecular formula is C20H29BN2O7S. The maximum atomic E-state index is 12.7. The average molecular weight is 452 g/mol. The summed E-state index contributed by atoms with van der Waals surface area (Å²) in [5, 5.41) is 41.9. The van der Waals surface area contributed by atoms with Gasteiger partial charge in [0.2, 0.25) is 5.91 Å². The summed E-state index contributed by atoms with van der Waals surface area (Å²) in [5.41, 5.74) is 0.0616. The first-order valence-corrected chi connectivity index (χ1v) is 11.4. The van der Waals surface area contributed by atoms with Gasteiger partial charge in [-0.15, -0.1) is 0 Å². The van der Waals surface area contributed by atoms with E-state index >= 15 is 0 Å². The molecule has 1 aromatic carbocycles. The molecule has 9 nitrogen and oxygen atoms in total. The highest BCUT2D eigenvalue weighted by molar-refractivity contribution is 8.01. The number of nitrogens with one attached hydrogen (secondary N) is 1. The van der Waals surface area contributed by atoms with Crippen molar-refractivity contribution in [2.24, 2.45) is 5.41 Å². The summed E-state index contributed by atoms with van der Waals surface area (Å²) in [5.74, 6) is -1.77. The van der Waals surface area contributed by atoms with Crippen LogP contribution in [0, 0.1) is 5.41 Å². The fourth-order valence-corrected chi connectivity index (χ4v) is 5.42. The van der Waals surface area contributed by atoms with Crippen LogP contribution in [0.15, 0.2) is 12.1 Å². The smallest absolute Gasteiger partial charge is 0.465 e. The van der Waals surface area contributed by atoms with Crippen molar-refractivity contribution in [2.45, 2.75) is 30.8 Å². The standard InChI is InChI=1S/C20H29BN2O7S/c1-30-14-3-2-13(18(25)17(14)19(26)27)10-15(21(28)29)31-11-16(24)23-9-6-20(12-23)4-7-22-8-5-20/h2-3,15,22,25,28-29H,4-12H2,1H3,(H,26,27)/t15-/m0/s1. The number of phenols is 1. The molecular weight excluding hydrogens is 423 g/mol. The highest BCUT2D eigenvalue weighted by atomic mass is 32.2. The summed E-state index contributed by atoms with van der Waals surface area (Å²) >= 11 is 1.09. The van der Waals surface area contributed by atoms with Gasteiger partial charge in [0.05, 0.1) is 12.9 Å². The summed E-state index contributed by atoms with van der Waals surface area (Å²) in [6.07, 6.45) is 3.10. The maximum Gasteiger partial charge on any atom is 0.465 e. The van der Waals surface area contributed by atoms with Crippen LogP contribution in [0.5, 0.6) is 11.5 Å². The molecule has 0 radical (unpaired) electrons. The van der Waals surface area contributed by atoms with E-state index in [1.807, 2.05) is 4.90 Å². The quantitative estimate of drug-likeness (QED) is 0.354. The highest BCUT2D eigenvalue weighted by Crippen LogP contribution is 2.39. The maximum absolute atomic E-state index is 12.7. The number of likely N-dealkylation sites (tertiary alicyclic amines) is 1. The molecule has 31 heavy (non-hydrogen) atoms. The number of rotatable bonds is 8. The summed E-state index contributed by atoms with van der Waals surface area (Å²) < 4.78 is 4.98. The second-order valence-corrected chi connectivity index (χ2v) is 9.47. The number of carbonyl (C=O) groups excluding carboxylic acids is 1. The van der Waals surface area contributed by atoms with Gasteiger partial charge in [-0.25, -0.2) is 4.79 Å². The van der Waals surface area contributed by atoms with Crippen LogP contribution in [0.3, 0.4) is 0 Å². The van der Waals surface area contributed by atoms with Gasteiger partial charge >= 0.3 is 13.1 Å². The molecule has 1 spiro atoms. The van der Waals surface area contributed by atoms with Crippen LogP contribution in [-0.2, 0) is 11.2 Å². The predicted octanol–water partition coefficient (Wildman–Crippen LogP) is 0.357. The Kier molecular flexibility index (Phi) is 7.74. The van der Waals surface area contributed by atoms with Crippen LogP contribution in [0.2, 0.25) is 0 Å². The molecule has 2 fully saturated rings. The second-order valence-electron chi connectivity index (χ2n) is 8.24. The Morgan fingerprint density at radius 2 is 2.00 bits per heavy atom. The molecule has 2 aliphatic heterocycles. The first kappa shape index (κ1) is 23.7. The number of benzene rings is 1. The van der Waals surface area contributed by atoms with E-state index in [2.05, 4.69) is 5.32 Å². The van der Waals surface area contributed by atoms with E-state index in [1.165, 1.54) is 19.2 Å². The van der Waals surface area contributed by atoms with Gasteiger partial charge in [0.15, 0.2) is 0 Å². The monoisotopic (exact) mass is 452 g/mol. The van der Waals surface area contributed by atoms with Gasteiger partial charge in [-0.1, -0.05) is 6.07 Å². The van der Waals surface area contributed by atoms with Crippen molar-refractivity contribution in [3.8, 4) is 11.5 Å². The number of methoxy groups -OCH3 is 1. The van der Waals surface area contributed by atoms with Gasteiger partial charge in [0.1, 0.15) is 17.1 Å². The van der Waals surface area contributed by atoms with Gasteiger partial charge in [0, 0.05) is 18.2 Å². The van der Waals surface area contributed by atoms with E-state index in [4.69, 9.17) is 4.74 Å². The number of piperidine rings is 1. The lowest BCUT2D eigenvalue weighted by atomic mass is 9.78. The molecule has 2 aliphatic rings. The number of ether oxygens (including phenoxy) is 1. The molecule has 3 rings (SSSR count). The van der Waals surface area contributed by atoms with E-state index in [-0.39, 0.29) is 40.4 Å². The third-order valence-electron chi connectivity index (χ3n) is 6.29. The van der Waals surface area contributed by atoms with Gasteiger partial charge < -0.3 is 35.2 Å². The lowest BCUT2D eigenvalue weighted by Gasteiger charge is -2.33. The molecule has 1 aromatic rings. The van der Waals surface area contributed by atoms with Crippen LogP contribution < -0.4 is 10.1 Å². The normalized spacial score (nSPS) is 18.7. The molecule has 0 aliphatic carbocycles. The number of nitrogens with zero attached hydrogens (tertiary/aromatic N) is 1. The van der Waals surface area contributed by atoms with E-state index in [9.17, 15) is 29.9 Å². The summed E-state index contributed by atoms with van der Waals surface area (Å²) in [6.45, 7) is 3.40. The van der Waals surface area contributed by atoms with Gasteiger partial charge in [-0.05, 0) is 55.8 Å². The number of hydrogen-bond donors (Lipinski definition) is 5. The Morgan fingerprint density at radius 1 is 1.29 bits per heavy atom. The highest BCUT2D eigenvalue weighted by Gasteiger charge is 2.40. The Bertz CT molecular complexity index is 817. The predicted molar refractivity (Wildman–Crippen MR) is 117 cm³/mol. The molecule has 11 heteroatoms. The molecule has 1 atom stereocenters. The number of carbonyl (C=O) groups is 2. The van der Waals surface area contributed by atoms with Crippen LogP contribution in [0.4, 0.5) is 0 Å². The molecule has 1 amide bonds. The van der Waals surface area contributed by atoms with Crippen LogP contribution in [0.1, 0.15) is 35.2 Å². The summed E-state index contributed by atoms with van der Waals surface area (Å²) in [6, 6.07) is 2.90. The minimum absolute atomic E-state index is 0.0125. The summed E-state index contributed by atoms with van der Waals surface area (Å²) in [7, 11) is -0.434. The average Bonchev–Trinajstić information content (AvgIpc) is 3.14. The van der Waals surface area contributed by atoms with Crippen molar-refractivity contribution < 1.29 is 34.6 Å². The largest absolute Gasteiger partial charge is 0.507 e. The number of carboxylic acid groups (broad SMARTS) is 1. The van der Waals surface area contributed by atoms with Crippen LogP contribution >= 0.6 is 11.8 Å². The van der Waals surface area contributed by atoms with Gasteiger partial charge in [-0.2, -0.15) is 11.8 Å². The van der Waals surface area contributed by atoms with Crippen molar-refractivity contribution in [3.63, 3.8) is 0 Å². The van der Waals surface area contributed by atoms with E-state index in [1.54, 1.807) is 0 Å². The molecule has 0 aromatic heterocycles. The SMILES string of the molecule is COc1ccc(C[C@H](SCC(=O)N2CCC3(CCNCC3)C2)B(O)O)c(O)c1C(=O)O. The van der Waals surface area contributed by atoms with Crippen molar-refractivity contribution >= 4 is 30.8 Å². The third-order valence-corrected chi connectivity index (χ3v) is 7.54. The lowest BCUT2D eigenvalue weighted by Crippen LogP contribution is -2.40. The molecule has 170 valence electrons. The van der Waals surface area contributed by atoms with Crippen molar-refractivity contribution in [3.05, 3.63) is 23.3 Å². The molecule has 0 unspecified atom stereocenters. The van der Waals surface area contributed by atoms with E-state index in [0.29, 0.717) is 6.54 Å². The summed E-state index contributed by atoms with van der Waals surface area (Å²) in [4.78, 5) is 26.0. The number of amides is 1. The second kappa shape index (κ2) is 10.1. The first-order chi connectivity index (χ1) is 14.8. The molecule has 2 saturated heterocycles. The zero-order valence-corrected chi connectivity index (χ0v) is 18.4. The minimum atomic E-state index is -1.73. The zero-order valence-electron chi connectivity index (χ0n) is 17.5. The van der Waals surface area contributed by atoms with Gasteiger partial charge in [-0.3, -0.25) is 4.79 Å². The molecule has 0 bridgehead atoms. The van der Waals surface area contributed by atoms with Crippen molar-refractivity contribution in [2.75, 3.05) is 39.0 Å². The zero-order chi connectivity index (χ0) is 22.6. The lowest BCUT2D eigenvalue weighted by molar-refractivity contribution is -0.127. The number of aromatic hydroxyl groups is 1. The first-order valence-electron chi connectivity index (χ1n) is 10.3. The fraction of sp³-hybridized carbons (Fsp3) is 0.600. The minimum Gasteiger partial charge on any atom is -0.507 e. The number of carboxylic acids is 1. The van der Waals surface area contributed by atoms with Crippen LogP contribution in [-0.4, -0.2) is 88.3 Å². The van der Waals surface area contributed by atoms with E-state index < -0.39 is 24.0 Å². The fourth-order valence-electron chi connectivity index (χ4n) is 4.41. The number of aromatic carboxylic acids is 1. The Morgan fingerprint density at radius 3 is 2.61 bits per heavy atom. The third kappa shape index (κ3) is 5.46. The number of hydrogen-bond acceptors (Lipinski definition) is 8. The number of thioether (sulfide) groups is 1. The van der Waals surface area contributed by atoms with Crippen molar-refractivity contribution in [1.82, 2.24) is 10.2 Å². The van der Waals surface area contributed by atoms with Crippen LogP contribution in [0.25, 0.3) is 0 Å². The molecule has 2 heterocycles. The Balaban J connectivity index is 1.63. The van der Waals surface area contributed by atoms with E-state index in [0.717, 1.165) is 50.7 Å². The molecule has 0 saturated carbocycles. The Hall–Kier alpha value is -1.95.